The fraction of sp³-hybridized carbons (Fsp3) is 0.368. The Labute approximate surface area is 157 Å². The minimum atomic E-state index is -0.402. The van der Waals surface area contributed by atoms with Gasteiger partial charge in [0.25, 0.3) is 0 Å². The molecule has 0 radical (unpaired) electrons. The summed E-state index contributed by atoms with van der Waals surface area (Å²) in [6, 6.07) is 6.73. The monoisotopic (exact) mass is 373 g/mol. The van der Waals surface area contributed by atoms with Gasteiger partial charge in [-0.15, -0.1) is 0 Å². The van der Waals surface area contributed by atoms with Crippen LogP contribution >= 0.6 is 11.8 Å². The lowest BCUT2D eigenvalue weighted by molar-refractivity contribution is -0.116. The fourth-order valence-corrected chi connectivity index (χ4v) is 3.02. The maximum atomic E-state index is 12.3. The number of rotatable bonds is 7. The molecule has 0 aliphatic rings. The molecule has 0 fully saturated rings. The second-order valence-electron chi connectivity index (χ2n) is 5.71. The lowest BCUT2D eigenvalue weighted by Crippen LogP contribution is -2.14. The van der Waals surface area contributed by atoms with Crippen molar-refractivity contribution >= 4 is 29.3 Å². The Kier molecular flexibility index (Phi) is 7.15. The molecule has 0 unspecified atom stereocenters. The molecule has 7 heteroatoms. The van der Waals surface area contributed by atoms with Crippen molar-refractivity contribution < 1.29 is 14.3 Å². The first-order valence-electron chi connectivity index (χ1n) is 8.39. The van der Waals surface area contributed by atoms with Crippen LogP contribution < -0.4 is 5.32 Å². The van der Waals surface area contributed by atoms with E-state index in [1.165, 1.54) is 11.8 Å². The number of thioether (sulfide) groups is 1. The molecule has 1 aromatic heterocycles. The van der Waals surface area contributed by atoms with E-state index >= 15 is 0 Å². The Morgan fingerprint density at radius 2 is 1.88 bits per heavy atom. The second-order valence-corrected chi connectivity index (χ2v) is 6.48. The van der Waals surface area contributed by atoms with Crippen LogP contribution in [-0.2, 0) is 16.0 Å². The number of amides is 1. The number of hydrogen-bond acceptors (Lipinski definition) is 6. The number of esters is 1. The van der Waals surface area contributed by atoms with Crippen LogP contribution in [0.25, 0.3) is 0 Å². The van der Waals surface area contributed by atoms with Crippen LogP contribution in [-0.4, -0.2) is 34.7 Å². The molecule has 138 valence electrons. The molecule has 2 aromatic rings. The number of ether oxygens (including phenoxy) is 1. The molecule has 1 N–H and O–H groups in total. The Morgan fingerprint density at radius 1 is 1.19 bits per heavy atom. The van der Waals surface area contributed by atoms with Crippen LogP contribution in [0.4, 0.5) is 5.69 Å². The van der Waals surface area contributed by atoms with Crippen LogP contribution in [0.2, 0.25) is 0 Å². The lowest BCUT2D eigenvalue weighted by atomic mass is 10.1. The van der Waals surface area contributed by atoms with Crippen LogP contribution in [0.3, 0.4) is 0 Å². The van der Waals surface area contributed by atoms with Gasteiger partial charge in [0.1, 0.15) is 0 Å². The van der Waals surface area contributed by atoms with Gasteiger partial charge in [-0.1, -0.05) is 17.8 Å². The van der Waals surface area contributed by atoms with Gasteiger partial charge < -0.3 is 10.1 Å². The average Bonchev–Trinajstić information content (AvgIpc) is 2.61. The zero-order chi connectivity index (χ0) is 19.1. The zero-order valence-electron chi connectivity index (χ0n) is 15.5. The molecule has 0 atom stereocenters. The molecule has 26 heavy (non-hydrogen) atoms. The molecule has 1 amide bonds. The quantitative estimate of drug-likeness (QED) is 0.454. The minimum Gasteiger partial charge on any atom is -0.462 e. The Hall–Kier alpha value is -2.41. The van der Waals surface area contributed by atoms with Gasteiger partial charge in [0, 0.05) is 23.5 Å². The molecule has 0 saturated heterocycles. The van der Waals surface area contributed by atoms with Crippen LogP contribution in [0, 0.1) is 13.8 Å². The van der Waals surface area contributed by atoms with E-state index in [0.717, 1.165) is 22.1 Å². The lowest BCUT2D eigenvalue weighted by Gasteiger charge is -2.11. The van der Waals surface area contributed by atoms with Crippen molar-refractivity contribution in [1.29, 1.82) is 0 Å². The third-order valence-corrected chi connectivity index (χ3v) is 4.39. The largest absolute Gasteiger partial charge is 0.462 e. The predicted molar refractivity (Wildman–Crippen MR) is 103 cm³/mol. The van der Waals surface area contributed by atoms with Gasteiger partial charge in [0.2, 0.25) is 5.91 Å². The van der Waals surface area contributed by atoms with Crippen molar-refractivity contribution in [2.45, 2.75) is 38.8 Å². The summed E-state index contributed by atoms with van der Waals surface area (Å²) in [6.45, 7) is 5.93. The Morgan fingerprint density at radius 3 is 2.50 bits per heavy atom. The van der Waals surface area contributed by atoms with Crippen molar-refractivity contribution in [3.8, 4) is 0 Å². The smallest absolute Gasteiger partial charge is 0.338 e. The SMILES string of the molecule is CCOC(=O)c1cccc(NC(=O)CCc2c(C)nc(SC)nc2C)c1. The van der Waals surface area contributed by atoms with E-state index in [4.69, 9.17) is 4.74 Å². The Balaban J connectivity index is 2.00. The summed E-state index contributed by atoms with van der Waals surface area (Å²) in [4.78, 5) is 32.9. The number of benzene rings is 1. The van der Waals surface area contributed by atoms with E-state index < -0.39 is 5.97 Å². The summed E-state index contributed by atoms with van der Waals surface area (Å²) in [6.07, 6.45) is 2.81. The van der Waals surface area contributed by atoms with E-state index in [0.29, 0.717) is 30.7 Å². The molecule has 0 bridgehead atoms. The first-order chi connectivity index (χ1) is 12.4. The van der Waals surface area contributed by atoms with Gasteiger partial charge in [-0.05, 0) is 57.2 Å². The molecule has 1 heterocycles. The number of aryl methyl sites for hydroxylation is 2. The number of nitrogens with zero attached hydrogens (tertiary/aromatic N) is 2. The Bertz CT molecular complexity index is 785. The molecule has 0 aliphatic carbocycles. The minimum absolute atomic E-state index is 0.126. The van der Waals surface area contributed by atoms with E-state index in [9.17, 15) is 9.59 Å². The number of aromatic nitrogens is 2. The number of carbonyl (C=O) groups is 2. The summed E-state index contributed by atoms with van der Waals surface area (Å²) in [5, 5.41) is 3.56. The van der Waals surface area contributed by atoms with E-state index in [2.05, 4.69) is 15.3 Å². The predicted octanol–water partition coefficient (Wildman–Crippen LogP) is 3.56. The number of anilines is 1. The van der Waals surface area contributed by atoms with Gasteiger partial charge in [0.15, 0.2) is 5.16 Å². The van der Waals surface area contributed by atoms with Crippen LogP contribution in [0.15, 0.2) is 29.4 Å². The first-order valence-corrected chi connectivity index (χ1v) is 9.62. The number of carbonyl (C=O) groups excluding carboxylic acids is 2. The number of nitrogens with one attached hydrogen (secondary N) is 1. The normalized spacial score (nSPS) is 10.5. The highest BCUT2D eigenvalue weighted by molar-refractivity contribution is 7.98. The fourth-order valence-electron chi connectivity index (χ4n) is 2.56. The molecule has 0 saturated carbocycles. The maximum Gasteiger partial charge on any atom is 0.338 e. The summed E-state index contributed by atoms with van der Waals surface area (Å²) in [7, 11) is 0. The van der Waals surface area contributed by atoms with Gasteiger partial charge in [0.05, 0.1) is 12.2 Å². The standard InChI is InChI=1S/C19H23N3O3S/c1-5-25-18(24)14-7-6-8-15(11-14)22-17(23)10-9-16-12(2)20-19(26-4)21-13(16)3/h6-8,11H,5,9-10H2,1-4H3,(H,22,23). The van der Waals surface area contributed by atoms with Gasteiger partial charge in [-0.25, -0.2) is 14.8 Å². The van der Waals surface area contributed by atoms with Crippen molar-refractivity contribution in [1.82, 2.24) is 9.97 Å². The molecule has 1 aromatic carbocycles. The van der Waals surface area contributed by atoms with Gasteiger partial charge in [-0.2, -0.15) is 0 Å². The average molecular weight is 373 g/mol. The molecule has 6 nitrogen and oxygen atoms in total. The zero-order valence-corrected chi connectivity index (χ0v) is 16.3. The van der Waals surface area contributed by atoms with Gasteiger partial charge in [-0.3, -0.25) is 4.79 Å². The number of hydrogen-bond donors (Lipinski definition) is 1. The van der Waals surface area contributed by atoms with E-state index in [1.54, 1.807) is 31.2 Å². The first kappa shape index (κ1) is 19.9. The van der Waals surface area contributed by atoms with Crippen molar-refractivity contribution in [2.75, 3.05) is 18.2 Å². The van der Waals surface area contributed by atoms with Crippen LogP contribution in [0.5, 0.6) is 0 Å². The van der Waals surface area contributed by atoms with Crippen molar-refractivity contribution in [2.24, 2.45) is 0 Å². The van der Waals surface area contributed by atoms with E-state index in [1.807, 2.05) is 20.1 Å². The van der Waals surface area contributed by atoms with Gasteiger partial charge >= 0.3 is 5.97 Å². The highest BCUT2D eigenvalue weighted by atomic mass is 32.2. The maximum absolute atomic E-state index is 12.3. The molecular formula is C19H23N3O3S. The molecule has 0 aliphatic heterocycles. The van der Waals surface area contributed by atoms with E-state index in [-0.39, 0.29) is 5.91 Å². The molecule has 0 spiro atoms. The summed E-state index contributed by atoms with van der Waals surface area (Å²) < 4.78 is 4.97. The third kappa shape index (κ3) is 5.29. The third-order valence-electron chi connectivity index (χ3n) is 3.84. The second kappa shape index (κ2) is 9.33. The molecule has 2 rings (SSSR count). The topological polar surface area (TPSA) is 81.2 Å². The highest BCUT2D eigenvalue weighted by Gasteiger charge is 2.12. The van der Waals surface area contributed by atoms with Crippen LogP contribution in [0.1, 0.15) is 40.7 Å². The summed E-state index contributed by atoms with van der Waals surface area (Å²) >= 11 is 1.50. The van der Waals surface area contributed by atoms with Crippen molar-refractivity contribution in [3.63, 3.8) is 0 Å². The van der Waals surface area contributed by atoms with Crippen molar-refractivity contribution in [3.05, 3.63) is 46.8 Å². The highest BCUT2D eigenvalue weighted by Crippen LogP contribution is 2.18. The summed E-state index contributed by atoms with van der Waals surface area (Å²) in [5.74, 6) is -0.528. The summed E-state index contributed by atoms with van der Waals surface area (Å²) in [5.41, 5.74) is 3.79. The molecular weight excluding hydrogens is 350 g/mol.